The molecule has 6 heteroatoms. The van der Waals surface area contributed by atoms with Gasteiger partial charge in [0.1, 0.15) is 13.2 Å². The first kappa shape index (κ1) is 60.5. The molecule has 0 saturated carbocycles. The van der Waals surface area contributed by atoms with Crippen molar-refractivity contribution in [2.45, 2.75) is 207 Å². The fourth-order valence-electron chi connectivity index (χ4n) is 6.44. The minimum atomic E-state index is -0.818. The molecule has 0 amide bonds. The highest BCUT2D eigenvalue weighted by atomic mass is 16.6. The predicted molar refractivity (Wildman–Crippen MR) is 279 cm³/mol. The van der Waals surface area contributed by atoms with Gasteiger partial charge in [-0.3, -0.25) is 14.4 Å². The van der Waals surface area contributed by atoms with Gasteiger partial charge < -0.3 is 14.2 Å². The van der Waals surface area contributed by atoms with Crippen molar-refractivity contribution in [2.75, 3.05) is 13.2 Å². The van der Waals surface area contributed by atoms with E-state index in [1.807, 2.05) is 6.08 Å². The number of allylic oxidation sites excluding steroid dienone is 22. The van der Waals surface area contributed by atoms with Crippen LogP contribution in [-0.4, -0.2) is 37.2 Å². The molecule has 0 rings (SSSR count). The minimum Gasteiger partial charge on any atom is -0.462 e. The Morgan fingerprint density at radius 1 is 0.338 bits per heavy atom. The Kier molecular flexibility index (Phi) is 48.6. The number of carbonyl (C=O) groups excluding carboxylic acids is 3. The van der Waals surface area contributed by atoms with Crippen molar-refractivity contribution in [3.05, 3.63) is 134 Å². The molecule has 0 radical (unpaired) electrons. The van der Waals surface area contributed by atoms with E-state index in [1.54, 1.807) is 0 Å². The third-order valence-corrected chi connectivity index (χ3v) is 10.3. The molecule has 0 aromatic rings. The molecule has 0 bridgehead atoms. The summed E-state index contributed by atoms with van der Waals surface area (Å²) in [7, 11) is 0. The van der Waals surface area contributed by atoms with Gasteiger partial charge in [0.25, 0.3) is 0 Å². The lowest BCUT2D eigenvalue weighted by Crippen LogP contribution is -2.30. The maximum absolute atomic E-state index is 12.8. The number of esters is 3. The number of hydrogen-bond donors (Lipinski definition) is 0. The van der Waals surface area contributed by atoms with E-state index in [0.29, 0.717) is 19.3 Å². The summed E-state index contributed by atoms with van der Waals surface area (Å²) >= 11 is 0. The zero-order valence-corrected chi connectivity index (χ0v) is 41.4. The summed E-state index contributed by atoms with van der Waals surface area (Å²) in [5.74, 6) is -0.998. The first-order chi connectivity index (χ1) is 32.0. The van der Waals surface area contributed by atoms with Crippen LogP contribution in [0.4, 0.5) is 0 Å². The molecule has 0 aliphatic heterocycles. The van der Waals surface area contributed by atoms with Gasteiger partial charge in [-0.05, 0) is 103 Å². The molecule has 65 heavy (non-hydrogen) atoms. The second kappa shape index (κ2) is 52.2. The van der Waals surface area contributed by atoms with E-state index >= 15 is 0 Å². The standard InChI is InChI=1S/C59H92O6/c1-4-7-10-13-16-19-22-25-27-29-30-32-34-37-40-43-46-49-52-58(61)64-55-56(54-63-57(60)51-48-45-42-39-36-33-24-21-18-15-12-9-6-3)65-59(62)53-50-47-44-41-38-35-31-28-26-23-20-17-14-11-8-5-2/h8-9,11-12,15-22,24-30,32,35,38,56H,4-7,10,13-14,23,31,33-34,36-37,39-55H2,1-3H3/b11-8+,12-9+,18-15+,19-16+,20-17+,24-21+,25-22+,28-26+,29-27+,32-30+,38-35+. The molecule has 0 aromatic heterocycles. The average molecular weight is 897 g/mol. The van der Waals surface area contributed by atoms with Crippen LogP contribution >= 0.6 is 0 Å². The van der Waals surface area contributed by atoms with Crippen LogP contribution in [0.25, 0.3) is 0 Å². The number of ether oxygens (including phenoxy) is 3. The number of carbonyl (C=O) groups is 3. The first-order valence-electron chi connectivity index (χ1n) is 25.8. The Morgan fingerprint density at radius 3 is 1.14 bits per heavy atom. The Balaban J connectivity index is 4.55. The molecule has 6 nitrogen and oxygen atoms in total. The molecule has 0 aliphatic carbocycles. The van der Waals surface area contributed by atoms with Gasteiger partial charge in [-0.25, -0.2) is 0 Å². The van der Waals surface area contributed by atoms with Gasteiger partial charge in [0.2, 0.25) is 0 Å². The number of unbranched alkanes of at least 4 members (excludes halogenated alkanes) is 16. The van der Waals surface area contributed by atoms with Crippen LogP contribution in [0.5, 0.6) is 0 Å². The molecule has 0 spiro atoms. The highest BCUT2D eigenvalue weighted by molar-refractivity contribution is 5.71. The zero-order valence-electron chi connectivity index (χ0n) is 41.4. The van der Waals surface area contributed by atoms with Crippen molar-refractivity contribution >= 4 is 17.9 Å². The van der Waals surface area contributed by atoms with Crippen LogP contribution in [0, 0.1) is 0 Å². The van der Waals surface area contributed by atoms with Crippen molar-refractivity contribution in [3.63, 3.8) is 0 Å². The summed E-state index contributed by atoms with van der Waals surface area (Å²) in [5.41, 5.74) is 0. The van der Waals surface area contributed by atoms with Gasteiger partial charge in [0.15, 0.2) is 6.10 Å². The quantitative estimate of drug-likeness (QED) is 0.0199. The van der Waals surface area contributed by atoms with Crippen molar-refractivity contribution in [1.82, 2.24) is 0 Å². The van der Waals surface area contributed by atoms with Gasteiger partial charge in [0.05, 0.1) is 0 Å². The largest absolute Gasteiger partial charge is 0.462 e. The molecule has 1 atom stereocenters. The Labute approximate surface area is 398 Å². The van der Waals surface area contributed by atoms with Crippen molar-refractivity contribution in [1.29, 1.82) is 0 Å². The molecular weight excluding hydrogens is 805 g/mol. The van der Waals surface area contributed by atoms with E-state index in [1.165, 1.54) is 19.3 Å². The minimum absolute atomic E-state index is 0.115. The van der Waals surface area contributed by atoms with Crippen LogP contribution in [-0.2, 0) is 28.6 Å². The lowest BCUT2D eigenvalue weighted by atomic mass is 10.1. The Hall–Kier alpha value is -4.45. The Bertz CT molecular complexity index is 1450. The molecule has 0 aromatic carbocycles. The predicted octanol–water partition coefficient (Wildman–Crippen LogP) is 17.1. The molecular formula is C59H92O6. The fourth-order valence-corrected chi connectivity index (χ4v) is 6.44. The highest BCUT2D eigenvalue weighted by Gasteiger charge is 2.19. The van der Waals surface area contributed by atoms with Crippen molar-refractivity contribution in [3.8, 4) is 0 Å². The second-order valence-corrected chi connectivity index (χ2v) is 16.5. The van der Waals surface area contributed by atoms with E-state index in [2.05, 4.69) is 148 Å². The SMILES string of the molecule is CC/C=C/C=C/C=C/CCCCCCCC(=O)OCC(COC(=O)CCCCCCC/C=C/C=C/C=C/C=C/CCCCC)OC(=O)CCCCC/C=C/C/C=C/C/C=C/C/C=C/CC. The fraction of sp³-hybridized carbons (Fsp3) is 0.576. The smallest absolute Gasteiger partial charge is 0.306 e. The van der Waals surface area contributed by atoms with E-state index in [9.17, 15) is 14.4 Å². The van der Waals surface area contributed by atoms with Gasteiger partial charge in [-0.2, -0.15) is 0 Å². The lowest BCUT2D eigenvalue weighted by molar-refractivity contribution is -0.167. The van der Waals surface area contributed by atoms with E-state index in [0.717, 1.165) is 135 Å². The lowest BCUT2D eigenvalue weighted by Gasteiger charge is -2.18. The zero-order chi connectivity index (χ0) is 47.2. The van der Waals surface area contributed by atoms with Gasteiger partial charge in [-0.15, -0.1) is 0 Å². The van der Waals surface area contributed by atoms with Crippen LogP contribution in [0.1, 0.15) is 201 Å². The molecule has 0 fully saturated rings. The second-order valence-electron chi connectivity index (χ2n) is 16.5. The topological polar surface area (TPSA) is 78.9 Å². The summed E-state index contributed by atoms with van der Waals surface area (Å²) in [6.07, 6.45) is 72.8. The van der Waals surface area contributed by atoms with E-state index in [-0.39, 0.29) is 37.5 Å². The van der Waals surface area contributed by atoms with Crippen LogP contribution in [0.3, 0.4) is 0 Å². The van der Waals surface area contributed by atoms with E-state index in [4.69, 9.17) is 14.2 Å². The number of hydrogen-bond acceptors (Lipinski definition) is 6. The molecule has 0 saturated heterocycles. The maximum atomic E-state index is 12.8. The third kappa shape index (κ3) is 50.4. The van der Waals surface area contributed by atoms with Crippen LogP contribution < -0.4 is 0 Å². The normalized spacial score (nSPS) is 13.2. The number of rotatable bonds is 44. The molecule has 0 N–H and O–H groups in total. The summed E-state index contributed by atoms with van der Waals surface area (Å²) in [6.45, 7) is 6.26. The average Bonchev–Trinajstić information content (AvgIpc) is 3.30. The van der Waals surface area contributed by atoms with Gasteiger partial charge >= 0.3 is 17.9 Å². The van der Waals surface area contributed by atoms with Gasteiger partial charge in [-0.1, -0.05) is 212 Å². The Morgan fingerprint density at radius 2 is 0.677 bits per heavy atom. The molecule has 0 aliphatic rings. The van der Waals surface area contributed by atoms with E-state index < -0.39 is 6.10 Å². The molecule has 364 valence electrons. The molecule has 0 heterocycles. The summed E-state index contributed by atoms with van der Waals surface area (Å²) < 4.78 is 16.7. The van der Waals surface area contributed by atoms with Crippen LogP contribution in [0.2, 0.25) is 0 Å². The molecule has 1 unspecified atom stereocenters. The van der Waals surface area contributed by atoms with Crippen molar-refractivity contribution < 1.29 is 28.6 Å². The summed E-state index contributed by atoms with van der Waals surface area (Å²) in [6, 6.07) is 0. The van der Waals surface area contributed by atoms with Gasteiger partial charge in [0, 0.05) is 19.3 Å². The monoisotopic (exact) mass is 897 g/mol. The maximum Gasteiger partial charge on any atom is 0.306 e. The highest BCUT2D eigenvalue weighted by Crippen LogP contribution is 2.12. The first-order valence-corrected chi connectivity index (χ1v) is 25.8. The third-order valence-electron chi connectivity index (χ3n) is 10.3. The van der Waals surface area contributed by atoms with Crippen LogP contribution in [0.15, 0.2) is 134 Å². The summed E-state index contributed by atoms with van der Waals surface area (Å²) in [5, 5.41) is 0. The van der Waals surface area contributed by atoms with Crippen molar-refractivity contribution in [2.24, 2.45) is 0 Å². The summed E-state index contributed by atoms with van der Waals surface area (Å²) in [4.78, 5) is 38.0.